The lowest BCUT2D eigenvalue weighted by atomic mass is 10.1. The summed E-state index contributed by atoms with van der Waals surface area (Å²) in [6.45, 7) is 7.28. The third-order valence-corrected chi connectivity index (χ3v) is 1.72. The van der Waals surface area contributed by atoms with E-state index in [1.165, 1.54) is 0 Å². The van der Waals surface area contributed by atoms with Gasteiger partial charge in [-0.3, -0.25) is 4.79 Å². The van der Waals surface area contributed by atoms with Gasteiger partial charge in [0.15, 0.2) is 0 Å². The first-order chi connectivity index (χ1) is 5.83. The van der Waals surface area contributed by atoms with Crippen LogP contribution in [0.15, 0.2) is 0 Å². The Balaban J connectivity index is 3.42. The van der Waals surface area contributed by atoms with Crippen molar-refractivity contribution in [2.75, 3.05) is 20.6 Å². The Hall–Kier alpha value is -0.570. The highest BCUT2D eigenvalue weighted by Crippen LogP contribution is 1.99. The Morgan fingerprint density at radius 1 is 1.31 bits per heavy atom. The number of amides is 1. The van der Waals surface area contributed by atoms with E-state index in [1.54, 1.807) is 19.0 Å². The topological polar surface area (TPSA) is 32.3 Å². The van der Waals surface area contributed by atoms with Crippen LogP contribution in [0.2, 0.25) is 0 Å². The van der Waals surface area contributed by atoms with Crippen molar-refractivity contribution in [3.63, 3.8) is 0 Å². The third kappa shape index (κ3) is 7.78. The standard InChI is InChI=1S/C10H22N2O/c1-10(2,3)11-8-6-7-9(13)12(4)5/h11H,6-8H2,1-5H3. The van der Waals surface area contributed by atoms with Crippen LogP contribution < -0.4 is 5.32 Å². The smallest absolute Gasteiger partial charge is 0.222 e. The number of carbonyl (C=O) groups excluding carboxylic acids is 1. The van der Waals surface area contributed by atoms with Crippen LogP contribution in [0.5, 0.6) is 0 Å². The molecular weight excluding hydrogens is 164 g/mol. The minimum Gasteiger partial charge on any atom is -0.349 e. The monoisotopic (exact) mass is 186 g/mol. The molecule has 0 aliphatic rings. The van der Waals surface area contributed by atoms with Crippen LogP contribution in [0.1, 0.15) is 33.6 Å². The SMILES string of the molecule is CN(C)C(=O)CCCNC(C)(C)C. The van der Waals surface area contributed by atoms with E-state index in [9.17, 15) is 4.79 Å². The molecular formula is C10H22N2O. The molecule has 0 fully saturated rings. The molecule has 0 saturated heterocycles. The second-order valence-corrected chi connectivity index (χ2v) is 4.57. The average molecular weight is 186 g/mol. The fraction of sp³-hybridized carbons (Fsp3) is 0.900. The summed E-state index contributed by atoms with van der Waals surface area (Å²) in [5.74, 6) is 0.204. The van der Waals surface area contributed by atoms with Gasteiger partial charge in [0, 0.05) is 26.1 Å². The summed E-state index contributed by atoms with van der Waals surface area (Å²) < 4.78 is 0. The maximum atomic E-state index is 11.2. The average Bonchev–Trinajstić information content (AvgIpc) is 1.95. The summed E-state index contributed by atoms with van der Waals surface area (Å²) in [7, 11) is 3.58. The molecule has 0 aliphatic carbocycles. The molecule has 78 valence electrons. The summed E-state index contributed by atoms with van der Waals surface area (Å²) in [6.07, 6.45) is 1.55. The minimum atomic E-state index is 0.154. The summed E-state index contributed by atoms with van der Waals surface area (Å²) in [4.78, 5) is 12.8. The first-order valence-electron chi connectivity index (χ1n) is 4.78. The highest BCUT2D eigenvalue weighted by Gasteiger charge is 2.08. The van der Waals surface area contributed by atoms with Gasteiger partial charge in [0.1, 0.15) is 0 Å². The molecule has 3 heteroatoms. The van der Waals surface area contributed by atoms with E-state index in [-0.39, 0.29) is 11.4 Å². The molecule has 0 rings (SSSR count). The van der Waals surface area contributed by atoms with Gasteiger partial charge in [-0.05, 0) is 33.7 Å². The van der Waals surface area contributed by atoms with E-state index in [1.807, 2.05) is 0 Å². The zero-order valence-electron chi connectivity index (χ0n) is 9.48. The zero-order chi connectivity index (χ0) is 10.5. The minimum absolute atomic E-state index is 0.154. The Bertz CT molecular complexity index is 159. The van der Waals surface area contributed by atoms with Gasteiger partial charge in [0.2, 0.25) is 5.91 Å². The highest BCUT2D eigenvalue weighted by atomic mass is 16.2. The van der Waals surface area contributed by atoms with Gasteiger partial charge in [-0.15, -0.1) is 0 Å². The number of carbonyl (C=O) groups is 1. The zero-order valence-corrected chi connectivity index (χ0v) is 9.48. The maximum absolute atomic E-state index is 11.2. The molecule has 0 aromatic heterocycles. The number of hydrogen-bond acceptors (Lipinski definition) is 2. The quantitative estimate of drug-likeness (QED) is 0.670. The van der Waals surface area contributed by atoms with Crippen molar-refractivity contribution in [2.24, 2.45) is 0 Å². The first kappa shape index (κ1) is 12.4. The summed E-state index contributed by atoms with van der Waals surface area (Å²) in [6, 6.07) is 0. The van der Waals surface area contributed by atoms with Crippen LogP contribution in [0.4, 0.5) is 0 Å². The molecule has 0 atom stereocenters. The molecule has 13 heavy (non-hydrogen) atoms. The number of nitrogens with zero attached hydrogens (tertiary/aromatic N) is 1. The number of nitrogens with one attached hydrogen (secondary N) is 1. The van der Waals surface area contributed by atoms with E-state index >= 15 is 0 Å². The Morgan fingerprint density at radius 3 is 2.23 bits per heavy atom. The Morgan fingerprint density at radius 2 is 1.85 bits per heavy atom. The second kappa shape index (κ2) is 5.22. The molecule has 0 bridgehead atoms. The van der Waals surface area contributed by atoms with Crippen molar-refractivity contribution >= 4 is 5.91 Å². The molecule has 1 amide bonds. The highest BCUT2D eigenvalue weighted by molar-refractivity contribution is 5.75. The second-order valence-electron chi connectivity index (χ2n) is 4.57. The molecule has 0 spiro atoms. The largest absolute Gasteiger partial charge is 0.349 e. The van der Waals surface area contributed by atoms with E-state index in [0.29, 0.717) is 6.42 Å². The first-order valence-corrected chi connectivity index (χ1v) is 4.78. The molecule has 1 N–H and O–H groups in total. The third-order valence-electron chi connectivity index (χ3n) is 1.72. The molecule has 0 aromatic carbocycles. The molecule has 0 aromatic rings. The van der Waals surface area contributed by atoms with Gasteiger partial charge in [-0.1, -0.05) is 0 Å². The number of hydrogen-bond donors (Lipinski definition) is 1. The molecule has 0 unspecified atom stereocenters. The fourth-order valence-electron chi connectivity index (χ4n) is 0.927. The van der Waals surface area contributed by atoms with Crippen molar-refractivity contribution in [3.8, 4) is 0 Å². The van der Waals surface area contributed by atoms with Crippen LogP contribution >= 0.6 is 0 Å². The van der Waals surface area contributed by atoms with E-state index < -0.39 is 0 Å². The predicted molar refractivity (Wildman–Crippen MR) is 55.7 cm³/mol. The Kier molecular flexibility index (Phi) is 4.99. The van der Waals surface area contributed by atoms with Gasteiger partial charge in [0.05, 0.1) is 0 Å². The van der Waals surface area contributed by atoms with E-state index in [2.05, 4.69) is 26.1 Å². The van der Waals surface area contributed by atoms with Crippen molar-refractivity contribution in [3.05, 3.63) is 0 Å². The van der Waals surface area contributed by atoms with E-state index in [4.69, 9.17) is 0 Å². The summed E-state index contributed by atoms with van der Waals surface area (Å²) >= 11 is 0. The van der Waals surface area contributed by atoms with Crippen LogP contribution in [0.25, 0.3) is 0 Å². The van der Waals surface area contributed by atoms with Gasteiger partial charge >= 0.3 is 0 Å². The van der Waals surface area contributed by atoms with Crippen LogP contribution in [-0.4, -0.2) is 37.0 Å². The summed E-state index contributed by atoms with van der Waals surface area (Å²) in [5.41, 5.74) is 0.154. The Labute approximate surface area is 81.5 Å². The lowest BCUT2D eigenvalue weighted by Gasteiger charge is -2.20. The van der Waals surface area contributed by atoms with E-state index in [0.717, 1.165) is 13.0 Å². The lowest BCUT2D eigenvalue weighted by molar-refractivity contribution is -0.128. The van der Waals surface area contributed by atoms with Gasteiger partial charge in [-0.2, -0.15) is 0 Å². The molecule has 3 nitrogen and oxygen atoms in total. The van der Waals surface area contributed by atoms with Crippen molar-refractivity contribution in [2.45, 2.75) is 39.2 Å². The summed E-state index contributed by atoms with van der Waals surface area (Å²) in [5, 5.41) is 3.35. The molecule has 0 radical (unpaired) electrons. The van der Waals surface area contributed by atoms with Gasteiger partial charge < -0.3 is 10.2 Å². The van der Waals surface area contributed by atoms with Gasteiger partial charge in [-0.25, -0.2) is 0 Å². The van der Waals surface area contributed by atoms with Crippen LogP contribution in [0, 0.1) is 0 Å². The van der Waals surface area contributed by atoms with Crippen LogP contribution in [-0.2, 0) is 4.79 Å². The fourth-order valence-corrected chi connectivity index (χ4v) is 0.927. The molecule has 0 heterocycles. The van der Waals surface area contributed by atoms with Crippen molar-refractivity contribution in [1.82, 2.24) is 10.2 Å². The molecule has 0 saturated carbocycles. The maximum Gasteiger partial charge on any atom is 0.222 e. The normalized spacial score (nSPS) is 11.5. The van der Waals surface area contributed by atoms with Crippen molar-refractivity contribution in [1.29, 1.82) is 0 Å². The van der Waals surface area contributed by atoms with Crippen LogP contribution in [0.3, 0.4) is 0 Å². The van der Waals surface area contributed by atoms with Gasteiger partial charge in [0.25, 0.3) is 0 Å². The lowest BCUT2D eigenvalue weighted by Crippen LogP contribution is -2.36. The number of rotatable bonds is 4. The molecule has 0 aliphatic heterocycles. The van der Waals surface area contributed by atoms with Crippen molar-refractivity contribution < 1.29 is 4.79 Å². The predicted octanol–water partition coefficient (Wildman–Crippen LogP) is 1.24.